The molecule has 5 nitrogen and oxygen atoms in total. The normalized spacial score (nSPS) is 10.2. The molecule has 0 aromatic heterocycles. The fourth-order valence-corrected chi connectivity index (χ4v) is 1.10. The van der Waals surface area contributed by atoms with Crippen molar-refractivity contribution >= 4 is 17.6 Å². The summed E-state index contributed by atoms with van der Waals surface area (Å²) in [6.45, 7) is 0. The summed E-state index contributed by atoms with van der Waals surface area (Å²) in [7, 11) is 1.37. The summed E-state index contributed by atoms with van der Waals surface area (Å²) in [6.07, 6.45) is 1.51. The van der Waals surface area contributed by atoms with Crippen molar-refractivity contribution in [3.63, 3.8) is 0 Å². The third-order valence-electron chi connectivity index (χ3n) is 1.80. The summed E-state index contributed by atoms with van der Waals surface area (Å²) in [5.74, 6) is -2.19. The van der Waals surface area contributed by atoms with Gasteiger partial charge >= 0.3 is 5.97 Å². The number of ether oxygens (including phenoxy) is 1. The molecular weight excluding hydrogens is 229 g/mol. The Morgan fingerprint density at radius 1 is 1.41 bits per heavy atom. The number of amides is 1. The molecule has 0 spiro atoms. The average molecular weight is 239 g/mol. The van der Waals surface area contributed by atoms with Crippen molar-refractivity contribution in [2.45, 2.75) is 0 Å². The van der Waals surface area contributed by atoms with Crippen LogP contribution in [0, 0.1) is 5.82 Å². The lowest BCUT2D eigenvalue weighted by atomic mass is 10.2. The van der Waals surface area contributed by atoms with Gasteiger partial charge in [-0.05, 0) is 12.1 Å². The Balaban J connectivity index is 2.83. The highest BCUT2D eigenvalue weighted by atomic mass is 19.1. The maximum atomic E-state index is 12.9. The largest absolute Gasteiger partial charge is 0.495 e. The zero-order valence-electron chi connectivity index (χ0n) is 8.94. The molecule has 0 aliphatic carbocycles. The molecule has 17 heavy (non-hydrogen) atoms. The van der Waals surface area contributed by atoms with Gasteiger partial charge in [0.15, 0.2) is 0 Å². The maximum absolute atomic E-state index is 12.9. The van der Waals surface area contributed by atoms with Crippen molar-refractivity contribution in [1.29, 1.82) is 0 Å². The minimum absolute atomic E-state index is 0.132. The molecular formula is C11H10FNO4. The molecule has 2 N–H and O–H groups in total. The number of carboxylic acid groups (broad SMARTS) is 1. The first kappa shape index (κ1) is 12.7. The number of hydrogen-bond acceptors (Lipinski definition) is 3. The van der Waals surface area contributed by atoms with Gasteiger partial charge in [0.05, 0.1) is 12.8 Å². The third kappa shape index (κ3) is 3.94. The van der Waals surface area contributed by atoms with Crippen molar-refractivity contribution in [3.05, 3.63) is 36.2 Å². The van der Waals surface area contributed by atoms with E-state index in [0.717, 1.165) is 12.1 Å². The SMILES string of the molecule is COc1ccc(F)cc1NC(=O)/C=C/C(=O)O. The number of hydrogen-bond donors (Lipinski definition) is 2. The van der Waals surface area contributed by atoms with Crippen LogP contribution >= 0.6 is 0 Å². The Bertz CT molecular complexity index is 471. The standard InChI is InChI=1S/C11H10FNO4/c1-17-9-3-2-7(12)6-8(9)13-10(14)4-5-11(15)16/h2-6H,1H3,(H,13,14)(H,15,16)/b5-4+. The minimum atomic E-state index is -1.24. The highest BCUT2D eigenvalue weighted by Gasteiger charge is 2.06. The van der Waals surface area contributed by atoms with Gasteiger partial charge in [-0.2, -0.15) is 0 Å². The summed E-state index contributed by atoms with van der Waals surface area (Å²) in [5.41, 5.74) is 0.132. The van der Waals surface area contributed by atoms with E-state index in [1.54, 1.807) is 0 Å². The van der Waals surface area contributed by atoms with Crippen molar-refractivity contribution < 1.29 is 23.8 Å². The van der Waals surface area contributed by atoms with Crippen molar-refractivity contribution in [3.8, 4) is 5.75 Å². The van der Waals surface area contributed by atoms with E-state index >= 15 is 0 Å². The molecule has 90 valence electrons. The molecule has 0 unspecified atom stereocenters. The van der Waals surface area contributed by atoms with Gasteiger partial charge in [0.1, 0.15) is 11.6 Å². The van der Waals surface area contributed by atoms with Crippen molar-refractivity contribution in [2.24, 2.45) is 0 Å². The molecule has 0 atom stereocenters. The summed E-state index contributed by atoms with van der Waals surface area (Å²) in [6, 6.07) is 3.61. The molecule has 0 aliphatic heterocycles. The quantitative estimate of drug-likeness (QED) is 0.779. The predicted octanol–water partition coefficient (Wildman–Crippen LogP) is 1.41. The monoisotopic (exact) mass is 239 g/mol. The number of anilines is 1. The van der Waals surface area contributed by atoms with Gasteiger partial charge < -0.3 is 15.2 Å². The number of rotatable bonds is 4. The van der Waals surface area contributed by atoms with Crippen LogP contribution in [0.4, 0.5) is 10.1 Å². The molecule has 0 saturated carbocycles. The lowest BCUT2D eigenvalue weighted by molar-refractivity contribution is -0.131. The van der Waals surface area contributed by atoms with Crippen LogP contribution in [0.25, 0.3) is 0 Å². The molecule has 0 bridgehead atoms. The van der Waals surface area contributed by atoms with Gasteiger partial charge in [0.2, 0.25) is 5.91 Å². The second kappa shape index (κ2) is 5.64. The van der Waals surface area contributed by atoms with Crippen LogP contribution in [-0.4, -0.2) is 24.1 Å². The molecule has 1 amide bonds. The van der Waals surface area contributed by atoms with E-state index in [1.807, 2.05) is 0 Å². The lowest BCUT2D eigenvalue weighted by Crippen LogP contribution is -2.10. The molecule has 1 rings (SSSR count). The zero-order valence-corrected chi connectivity index (χ0v) is 8.94. The fraction of sp³-hybridized carbons (Fsp3) is 0.0909. The predicted molar refractivity (Wildman–Crippen MR) is 58.4 cm³/mol. The molecule has 0 radical (unpaired) electrons. The van der Waals surface area contributed by atoms with E-state index in [0.29, 0.717) is 6.08 Å². The van der Waals surface area contributed by atoms with Crippen LogP contribution in [0.1, 0.15) is 0 Å². The van der Waals surface area contributed by atoms with Crippen LogP contribution < -0.4 is 10.1 Å². The smallest absolute Gasteiger partial charge is 0.328 e. The number of methoxy groups -OCH3 is 1. The molecule has 6 heteroatoms. The topological polar surface area (TPSA) is 75.6 Å². The molecule has 1 aromatic carbocycles. The first-order chi connectivity index (χ1) is 8.02. The first-order valence-electron chi connectivity index (χ1n) is 4.58. The number of halogens is 1. The number of carbonyl (C=O) groups is 2. The Labute approximate surface area is 96.5 Å². The first-order valence-corrected chi connectivity index (χ1v) is 4.58. The van der Waals surface area contributed by atoms with Gasteiger partial charge in [0.25, 0.3) is 0 Å². The maximum Gasteiger partial charge on any atom is 0.328 e. The van der Waals surface area contributed by atoms with E-state index in [4.69, 9.17) is 9.84 Å². The van der Waals surface area contributed by atoms with Gasteiger partial charge in [-0.1, -0.05) is 0 Å². The Kier molecular flexibility index (Phi) is 4.21. The molecule has 0 saturated heterocycles. The highest BCUT2D eigenvalue weighted by molar-refractivity contribution is 6.03. The van der Waals surface area contributed by atoms with Crippen LogP contribution in [0.3, 0.4) is 0 Å². The van der Waals surface area contributed by atoms with Crippen LogP contribution in [0.15, 0.2) is 30.4 Å². The molecule has 1 aromatic rings. The van der Waals surface area contributed by atoms with Gasteiger partial charge in [-0.3, -0.25) is 4.79 Å². The van der Waals surface area contributed by atoms with Crippen LogP contribution in [-0.2, 0) is 9.59 Å². The second-order valence-corrected chi connectivity index (χ2v) is 3.01. The van der Waals surface area contributed by atoms with E-state index < -0.39 is 17.7 Å². The highest BCUT2D eigenvalue weighted by Crippen LogP contribution is 2.24. The van der Waals surface area contributed by atoms with Crippen LogP contribution in [0.2, 0.25) is 0 Å². The number of nitrogens with one attached hydrogen (secondary N) is 1. The fourth-order valence-electron chi connectivity index (χ4n) is 1.10. The Morgan fingerprint density at radius 3 is 2.71 bits per heavy atom. The summed E-state index contributed by atoms with van der Waals surface area (Å²) in [5, 5.41) is 10.6. The Hall–Kier alpha value is -2.37. The number of carbonyl (C=O) groups excluding carboxylic acids is 1. The second-order valence-electron chi connectivity index (χ2n) is 3.01. The van der Waals surface area contributed by atoms with Crippen LogP contribution in [0.5, 0.6) is 5.75 Å². The average Bonchev–Trinajstić information content (AvgIpc) is 2.27. The van der Waals surface area contributed by atoms with Gasteiger partial charge in [0, 0.05) is 18.2 Å². The number of carboxylic acids is 1. The Morgan fingerprint density at radius 2 is 2.12 bits per heavy atom. The molecule has 0 heterocycles. The zero-order chi connectivity index (χ0) is 12.8. The number of aliphatic carboxylic acids is 1. The van der Waals surface area contributed by atoms with E-state index in [1.165, 1.54) is 19.2 Å². The van der Waals surface area contributed by atoms with Gasteiger partial charge in [-0.15, -0.1) is 0 Å². The summed E-state index contributed by atoms with van der Waals surface area (Å²) in [4.78, 5) is 21.4. The van der Waals surface area contributed by atoms with Crippen molar-refractivity contribution in [1.82, 2.24) is 0 Å². The number of benzene rings is 1. The van der Waals surface area contributed by atoms with E-state index in [9.17, 15) is 14.0 Å². The van der Waals surface area contributed by atoms with E-state index in [-0.39, 0.29) is 11.4 Å². The minimum Gasteiger partial charge on any atom is -0.495 e. The third-order valence-corrected chi connectivity index (χ3v) is 1.80. The van der Waals surface area contributed by atoms with Crippen molar-refractivity contribution in [2.75, 3.05) is 12.4 Å². The summed E-state index contributed by atoms with van der Waals surface area (Å²) < 4.78 is 17.8. The summed E-state index contributed by atoms with van der Waals surface area (Å²) >= 11 is 0. The lowest BCUT2D eigenvalue weighted by Gasteiger charge is -2.08. The molecule has 0 aliphatic rings. The molecule has 0 fully saturated rings. The van der Waals surface area contributed by atoms with E-state index in [2.05, 4.69) is 5.32 Å². The van der Waals surface area contributed by atoms with Gasteiger partial charge in [-0.25, -0.2) is 9.18 Å².